The number of sulfonamides is 1. The van der Waals surface area contributed by atoms with Crippen LogP contribution in [0, 0.1) is 0 Å². The summed E-state index contributed by atoms with van der Waals surface area (Å²) in [5.74, 6) is 1.89. The van der Waals surface area contributed by atoms with Crippen LogP contribution in [0.2, 0.25) is 0 Å². The summed E-state index contributed by atoms with van der Waals surface area (Å²) in [6.07, 6.45) is 0. The molecule has 0 bridgehead atoms. The first-order chi connectivity index (χ1) is 15.9. The first-order valence-corrected chi connectivity index (χ1v) is 12.5. The van der Waals surface area contributed by atoms with Gasteiger partial charge >= 0.3 is 0 Å². The van der Waals surface area contributed by atoms with E-state index in [-0.39, 0.29) is 17.6 Å². The minimum Gasteiger partial charge on any atom is -0.494 e. The van der Waals surface area contributed by atoms with Gasteiger partial charge in [0.15, 0.2) is 11.5 Å². The smallest absolute Gasteiger partial charge is 0.241 e. The fourth-order valence-corrected chi connectivity index (χ4v) is 5.13. The van der Waals surface area contributed by atoms with Crippen LogP contribution >= 0.6 is 0 Å². The molecular weight excluding hydrogens is 446 g/mol. The number of nitrogens with zero attached hydrogens (tertiary/aromatic N) is 2. The molecule has 0 saturated carbocycles. The lowest BCUT2D eigenvalue weighted by atomic mass is 10.1. The molecule has 0 aliphatic carbocycles. The molecule has 0 unspecified atom stereocenters. The van der Waals surface area contributed by atoms with Gasteiger partial charge in [0.1, 0.15) is 5.75 Å². The van der Waals surface area contributed by atoms with Crippen molar-refractivity contribution in [2.45, 2.75) is 31.3 Å². The predicted molar refractivity (Wildman–Crippen MR) is 122 cm³/mol. The third kappa shape index (κ3) is 5.58. The van der Waals surface area contributed by atoms with Crippen molar-refractivity contribution >= 4 is 15.9 Å². The van der Waals surface area contributed by atoms with Crippen molar-refractivity contribution in [3.8, 4) is 17.2 Å². The Balaban J connectivity index is 1.28. The average Bonchev–Trinajstić information content (AvgIpc) is 3.27. The molecule has 2 aromatic rings. The number of rotatable bonds is 8. The second kappa shape index (κ2) is 9.98. The van der Waals surface area contributed by atoms with Crippen LogP contribution in [0.3, 0.4) is 0 Å². The summed E-state index contributed by atoms with van der Waals surface area (Å²) in [4.78, 5) is 16.9. The fraction of sp³-hybridized carbons (Fsp3) is 0.435. The molecule has 33 heavy (non-hydrogen) atoms. The highest BCUT2D eigenvalue weighted by Gasteiger charge is 2.28. The molecule has 2 aliphatic heterocycles. The van der Waals surface area contributed by atoms with Crippen molar-refractivity contribution in [3.05, 3.63) is 48.0 Å². The molecule has 1 saturated heterocycles. The molecule has 1 atom stereocenters. The number of ether oxygens (including phenoxy) is 3. The number of fused-ring (bicyclic) bond motifs is 1. The Morgan fingerprint density at radius 1 is 1.06 bits per heavy atom. The maximum atomic E-state index is 12.9. The molecule has 9 nitrogen and oxygen atoms in total. The van der Waals surface area contributed by atoms with Crippen molar-refractivity contribution in [1.29, 1.82) is 0 Å². The molecule has 2 heterocycles. The first-order valence-electron chi connectivity index (χ1n) is 11.0. The number of nitrogens with one attached hydrogen (secondary N) is 1. The highest BCUT2D eigenvalue weighted by molar-refractivity contribution is 7.89. The van der Waals surface area contributed by atoms with E-state index >= 15 is 0 Å². The number of hydrogen-bond acceptors (Lipinski definition) is 7. The van der Waals surface area contributed by atoms with Gasteiger partial charge in [-0.1, -0.05) is 6.07 Å². The van der Waals surface area contributed by atoms with Gasteiger partial charge in [-0.05, 0) is 55.8 Å². The van der Waals surface area contributed by atoms with E-state index in [9.17, 15) is 13.2 Å². The molecule has 0 spiro atoms. The third-order valence-electron chi connectivity index (χ3n) is 5.67. The zero-order valence-electron chi connectivity index (χ0n) is 18.8. The van der Waals surface area contributed by atoms with Crippen molar-refractivity contribution in [2.24, 2.45) is 0 Å². The minimum atomic E-state index is -3.82. The van der Waals surface area contributed by atoms with Crippen molar-refractivity contribution < 1.29 is 27.4 Å². The lowest BCUT2D eigenvalue weighted by Crippen LogP contribution is -2.53. The molecule has 1 amide bonds. The maximum absolute atomic E-state index is 12.9. The van der Waals surface area contributed by atoms with Crippen LogP contribution < -0.4 is 18.9 Å². The summed E-state index contributed by atoms with van der Waals surface area (Å²) in [6.45, 7) is 7.43. The van der Waals surface area contributed by atoms with Crippen LogP contribution in [-0.2, 0) is 21.4 Å². The van der Waals surface area contributed by atoms with E-state index in [1.165, 1.54) is 12.1 Å². The standard InChI is InChI=1S/C23H29N3O6S/c1-3-30-19-5-7-20(8-6-19)33(28,29)24-17(2)23(27)26-12-10-25(11-13-26)15-18-4-9-21-22(14-18)32-16-31-21/h4-9,14,17,24H,3,10-13,15-16H2,1-2H3/t17-/m0/s1. The number of carbonyl (C=O) groups excluding carboxylic acids is 1. The Morgan fingerprint density at radius 2 is 1.76 bits per heavy atom. The number of amides is 1. The Morgan fingerprint density at radius 3 is 2.45 bits per heavy atom. The van der Waals surface area contributed by atoms with E-state index in [0.717, 1.165) is 23.6 Å². The zero-order valence-corrected chi connectivity index (χ0v) is 19.6. The van der Waals surface area contributed by atoms with Crippen molar-refractivity contribution in [3.63, 3.8) is 0 Å². The molecule has 1 N–H and O–H groups in total. The zero-order chi connectivity index (χ0) is 23.4. The van der Waals surface area contributed by atoms with Crippen LogP contribution in [0.25, 0.3) is 0 Å². The van der Waals surface area contributed by atoms with E-state index < -0.39 is 16.1 Å². The number of hydrogen-bond donors (Lipinski definition) is 1. The molecule has 4 rings (SSSR count). The summed E-state index contributed by atoms with van der Waals surface area (Å²) in [7, 11) is -3.82. The van der Waals surface area contributed by atoms with Gasteiger partial charge in [-0.15, -0.1) is 0 Å². The van der Waals surface area contributed by atoms with Gasteiger partial charge in [-0.2, -0.15) is 4.72 Å². The van der Waals surface area contributed by atoms with Crippen molar-refractivity contribution in [2.75, 3.05) is 39.6 Å². The molecule has 10 heteroatoms. The highest BCUT2D eigenvalue weighted by Crippen LogP contribution is 2.32. The van der Waals surface area contributed by atoms with E-state index in [1.807, 2.05) is 25.1 Å². The SMILES string of the molecule is CCOc1ccc(S(=O)(=O)N[C@@H](C)C(=O)N2CCN(Cc3ccc4c(c3)OCO4)CC2)cc1. The molecule has 0 aromatic heterocycles. The largest absolute Gasteiger partial charge is 0.494 e. The van der Waals surface area contributed by atoms with E-state index in [4.69, 9.17) is 14.2 Å². The van der Waals surface area contributed by atoms with Gasteiger partial charge in [0.25, 0.3) is 0 Å². The summed E-state index contributed by atoms with van der Waals surface area (Å²) < 4.78 is 44.0. The Bertz CT molecular complexity index is 1080. The van der Waals surface area contributed by atoms with Crippen LogP contribution in [-0.4, -0.2) is 69.7 Å². The van der Waals surface area contributed by atoms with Crippen LogP contribution in [0.15, 0.2) is 47.4 Å². The predicted octanol–water partition coefficient (Wildman–Crippen LogP) is 1.83. The minimum absolute atomic E-state index is 0.0964. The second-order valence-corrected chi connectivity index (χ2v) is 9.75. The lowest BCUT2D eigenvalue weighted by Gasteiger charge is -2.36. The van der Waals surface area contributed by atoms with Gasteiger partial charge in [0, 0.05) is 32.7 Å². The topological polar surface area (TPSA) is 97.4 Å². The molecular formula is C23H29N3O6S. The van der Waals surface area contributed by atoms with Gasteiger partial charge in [-0.3, -0.25) is 9.69 Å². The van der Waals surface area contributed by atoms with Gasteiger partial charge < -0.3 is 19.1 Å². The van der Waals surface area contributed by atoms with E-state index in [0.29, 0.717) is 38.5 Å². The molecule has 2 aliphatic rings. The quantitative estimate of drug-likeness (QED) is 0.622. The summed E-state index contributed by atoms with van der Waals surface area (Å²) in [5.41, 5.74) is 1.12. The van der Waals surface area contributed by atoms with Crippen LogP contribution in [0.1, 0.15) is 19.4 Å². The number of benzene rings is 2. The van der Waals surface area contributed by atoms with Crippen LogP contribution in [0.5, 0.6) is 17.2 Å². The number of piperazine rings is 1. The van der Waals surface area contributed by atoms with Crippen molar-refractivity contribution in [1.82, 2.24) is 14.5 Å². The van der Waals surface area contributed by atoms with E-state index in [1.54, 1.807) is 24.0 Å². The maximum Gasteiger partial charge on any atom is 0.241 e. The summed E-state index contributed by atoms with van der Waals surface area (Å²) >= 11 is 0. The fourth-order valence-electron chi connectivity index (χ4n) is 3.93. The monoisotopic (exact) mass is 475 g/mol. The molecule has 2 aromatic carbocycles. The van der Waals surface area contributed by atoms with Gasteiger partial charge in [-0.25, -0.2) is 8.42 Å². The summed E-state index contributed by atoms with van der Waals surface area (Å²) in [5, 5.41) is 0. The third-order valence-corrected chi connectivity index (χ3v) is 7.23. The normalized spacial score (nSPS) is 17.1. The molecule has 1 fully saturated rings. The van der Waals surface area contributed by atoms with E-state index in [2.05, 4.69) is 9.62 Å². The second-order valence-electron chi connectivity index (χ2n) is 8.04. The Kier molecular flexibility index (Phi) is 7.06. The van der Waals surface area contributed by atoms with Gasteiger partial charge in [0.2, 0.25) is 22.7 Å². The van der Waals surface area contributed by atoms with Crippen LogP contribution in [0.4, 0.5) is 0 Å². The number of carbonyl (C=O) groups is 1. The highest BCUT2D eigenvalue weighted by atomic mass is 32.2. The summed E-state index contributed by atoms with van der Waals surface area (Å²) in [6, 6.07) is 11.2. The van der Waals surface area contributed by atoms with Gasteiger partial charge in [0.05, 0.1) is 17.5 Å². The lowest BCUT2D eigenvalue weighted by molar-refractivity contribution is -0.134. The Labute approximate surface area is 194 Å². The average molecular weight is 476 g/mol. The molecule has 0 radical (unpaired) electrons. The first kappa shape index (κ1) is 23.3. The molecule has 178 valence electrons. The Hall–Kier alpha value is -2.82.